The molecule has 1 N–H and O–H groups in total. The van der Waals surface area contributed by atoms with Gasteiger partial charge in [-0.25, -0.2) is 4.39 Å². The van der Waals surface area contributed by atoms with Crippen molar-refractivity contribution in [2.24, 2.45) is 0 Å². The first-order valence-electron chi connectivity index (χ1n) is 8.58. The van der Waals surface area contributed by atoms with Crippen LogP contribution < -0.4 is 4.72 Å². The van der Waals surface area contributed by atoms with Crippen LogP contribution in [0.15, 0.2) is 41.3 Å². The molecule has 0 fully saturated rings. The standard InChI is InChI=1S/C15H17F4NOS.2C2H6/c1-3-5-12(6-4-9-21-15(17,18)19)22-20-14-8-7-11(2)10-13(14)16;2*1-2/h4-8,10,20H,3,9H2,1-2H3;2*1-2H3/b6-4-,12-5+;;. The summed E-state index contributed by atoms with van der Waals surface area (Å²) >= 11 is 1.12. The number of ether oxygens (including phenoxy) is 1. The van der Waals surface area contributed by atoms with Crippen LogP contribution in [0.3, 0.4) is 0 Å². The molecule has 0 radical (unpaired) electrons. The first-order valence-corrected chi connectivity index (χ1v) is 9.40. The van der Waals surface area contributed by atoms with Crippen LogP contribution in [0.5, 0.6) is 0 Å². The van der Waals surface area contributed by atoms with E-state index in [0.29, 0.717) is 17.0 Å². The third kappa shape index (κ3) is 13.8. The first-order chi connectivity index (χ1) is 12.3. The summed E-state index contributed by atoms with van der Waals surface area (Å²) in [6, 6.07) is 4.78. The van der Waals surface area contributed by atoms with Crippen LogP contribution in [0.1, 0.15) is 46.6 Å². The molecule has 7 heteroatoms. The number of anilines is 1. The third-order valence-corrected chi connectivity index (χ3v) is 3.29. The number of benzene rings is 1. The number of aryl methyl sites for hydroxylation is 1. The lowest BCUT2D eigenvalue weighted by Crippen LogP contribution is -2.12. The molecule has 26 heavy (non-hydrogen) atoms. The summed E-state index contributed by atoms with van der Waals surface area (Å²) in [7, 11) is 0. The third-order valence-electron chi connectivity index (χ3n) is 2.43. The fraction of sp³-hybridized carbons (Fsp3) is 0.474. The van der Waals surface area contributed by atoms with Crippen molar-refractivity contribution >= 4 is 17.6 Å². The Balaban J connectivity index is 0. The van der Waals surface area contributed by atoms with Gasteiger partial charge < -0.3 is 4.72 Å². The highest BCUT2D eigenvalue weighted by molar-refractivity contribution is 8.04. The normalized spacial score (nSPS) is 11.4. The minimum absolute atomic E-state index is 0.317. The average Bonchev–Trinajstić information content (AvgIpc) is 2.60. The lowest BCUT2D eigenvalue weighted by Gasteiger charge is -2.08. The first kappa shape index (κ1) is 26.8. The van der Waals surface area contributed by atoms with Gasteiger partial charge in [0.05, 0.1) is 12.3 Å². The van der Waals surface area contributed by atoms with Crippen LogP contribution in [-0.4, -0.2) is 13.0 Å². The largest absolute Gasteiger partial charge is 0.522 e. The molecule has 0 atom stereocenters. The van der Waals surface area contributed by atoms with Crippen LogP contribution in [0.2, 0.25) is 0 Å². The van der Waals surface area contributed by atoms with Crippen LogP contribution in [-0.2, 0) is 4.74 Å². The molecule has 0 saturated carbocycles. The summed E-state index contributed by atoms with van der Waals surface area (Å²) in [4.78, 5) is 0.674. The molecular weight excluding hydrogens is 366 g/mol. The van der Waals surface area contributed by atoms with Gasteiger partial charge >= 0.3 is 6.36 Å². The topological polar surface area (TPSA) is 21.3 Å². The van der Waals surface area contributed by atoms with Crippen LogP contribution in [0.25, 0.3) is 0 Å². The number of allylic oxidation sites excluding steroid dienone is 2. The highest BCUT2D eigenvalue weighted by atomic mass is 32.2. The molecule has 0 bridgehead atoms. The van der Waals surface area contributed by atoms with Gasteiger partial charge in [-0.3, -0.25) is 4.74 Å². The van der Waals surface area contributed by atoms with E-state index in [9.17, 15) is 17.6 Å². The van der Waals surface area contributed by atoms with Gasteiger partial charge in [-0.2, -0.15) is 0 Å². The zero-order valence-electron chi connectivity index (χ0n) is 16.2. The summed E-state index contributed by atoms with van der Waals surface area (Å²) in [5.74, 6) is -0.382. The van der Waals surface area contributed by atoms with E-state index in [-0.39, 0.29) is 5.82 Å². The van der Waals surface area contributed by atoms with E-state index in [1.165, 1.54) is 18.2 Å². The maximum Gasteiger partial charge on any atom is 0.522 e. The van der Waals surface area contributed by atoms with Crippen molar-refractivity contribution in [3.05, 3.63) is 52.7 Å². The molecule has 0 aliphatic rings. The van der Waals surface area contributed by atoms with Gasteiger partial charge in [-0.15, -0.1) is 13.2 Å². The molecule has 0 aliphatic heterocycles. The smallest absolute Gasteiger partial charge is 0.323 e. The van der Waals surface area contributed by atoms with Gasteiger partial charge in [-0.05, 0) is 49.1 Å². The van der Waals surface area contributed by atoms with Crippen molar-refractivity contribution < 1.29 is 22.3 Å². The fourth-order valence-electron chi connectivity index (χ4n) is 1.47. The second-order valence-electron chi connectivity index (χ2n) is 4.36. The van der Waals surface area contributed by atoms with Crippen molar-refractivity contribution in [3.63, 3.8) is 0 Å². The van der Waals surface area contributed by atoms with Gasteiger partial charge in [0.15, 0.2) is 0 Å². The molecular formula is C19H29F4NOS. The highest BCUT2D eigenvalue weighted by Crippen LogP contribution is 2.24. The summed E-state index contributed by atoms with van der Waals surface area (Å²) in [5, 5.41) is 0. The van der Waals surface area contributed by atoms with Gasteiger partial charge in [-0.1, -0.05) is 52.8 Å². The van der Waals surface area contributed by atoms with Crippen LogP contribution >= 0.6 is 11.9 Å². The van der Waals surface area contributed by atoms with Crippen molar-refractivity contribution in [2.45, 2.75) is 54.3 Å². The Bertz CT molecular complexity index is 543. The average molecular weight is 396 g/mol. The minimum atomic E-state index is -4.64. The molecule has 1 aromatic rings. The molecule has 150 valence electrons. The minimum Gasteiger partial charge on any atom is -0.323 e. The van der Waals surface area contributed by atoms with Gasteiger partial charge in [0.25, 0.3) is 0 Å². The highest BCUT2D eigenvalue weighted by Gasteiger charge is 2.28. The molecule has 0 aromatic heterocycles. The number of nitrogens with one attached hydrogen (secondary N) is 1. The fourth-order valence-corrected chi connectivity index (χ4v) is 2.28. The van der Waals surface area contributed by atoms with E-state index >= 15 is 0 Å². The summed E-state index contributed by atoms with van der Waals surface area (Å²) in [6.45, 7) is 11.1. The Labute approximate surface area is 158 Å². The van der Waals surface area contributed by atoms with Gasteiger partial charge in [0.1, 0.15) is 5.82 Å². The number of alkyl halides is 3. The van der Waals surface area contributed by atoms with E-state index in [1.54, 1.807) is 19.1 Å². The molecule has 0 spiro atoms. The molecule has 1 rings (SSSR count). The van der Waals surface area contributed by atoms with Crippen molar-refractivity contribution in [1.82, 2.24) is 0 Å². The van der Waals surface area contributed by atoms with Crippen molar-refractivity contribution in [2.75, 3.05) is 11.3 Å². The van der Waals surface area contributed by atoms with E-state index in [4.69, 9.17) is 0 Å². The Morgan fingerprint density at radius 1 is 1.19 bits per heavy atom. The van der Waals surface area contributed by atoms with Gasteiger partial charge in [0, 0.05) is 4.91 Å². The number of hydrogen-bond donors (Lipinski definition) is 1. The van der Waals surface area contributed by atoms with Crippen LogP contribution in [0, 0.1) is 12.7 Å². The zero-order chi connectivity index (χ0) is 20.6. The number of rotatable bonds is 7. The monoisotopic (exact) mass is 395 g/mol. The van der Waals surface area contributed by atoms with E-state index in [2.05, 4.69) is 9.46 Å². The quantitative estimate of drug-likeness (QED) is 0.291. The molecule has 0 amide bonds. The maximum atomic E-state index is 13.7. The van der Waals surface area contributed by atoms with Crippen LogP contribution in [0.4, 0.5) is 23.2 Å². The van der Waals surface area contributed by atoms with Crippen molar-refractivity contribution in [3.8, 4) is 0 Å². The Morgan fingerprint density at radius 3 is 2.31 bits per heavy atom. The predicted octanol–water partition coefficient (Wildman–Crippen LogP) is 7.63. The molecule has 2 nitrogen and oxygen atoms in total. The second kappa shape index (κ2) is 15.8. The molecule has 0 unspecified atom stereocenters. The summed E-state index contributed by atoms with van der Waals surface area (Å²) < 4.78 is 55.7. The lowest BCUT2D eigenvalue weighted by molar-refractivity contribution is -0.319. The predicted molar refractivity (Wildman–Crippen MR) is 105 cm³/mol. The Hall–Kier alpha value is -1.47. The lowest BCUT2D eigenvalue weighted by atomic mass is 10.2. The second-order valence-corrected chi connectivity index (χ2v) is 5.24. The van der Waals surface area contributed by atoms with Crippen molar-refractivity contribution in [1.29, 1.82) is 0 Å². The summed E-state index contributed by atoms with van der Waals surface area (Å²) in [6.07, 6.45) is 0.627. The van der Waals surface area contributed by atoms with E-state index in [0.717, 1.165) is 17.5 Å². The Kier molecular flexibility index (Phi) is 16.2. The van der Waals surface area contributed by atoms with Gasteiger partial charge in [0.2, 0.25) is 0 Å². The number of halogens is 4. The summed E-state index contributed by atoms with van der Waals surface area (Å²) in [5.41, 5.74) is 1.12. The SMILES string of the molecule is CC.CC.CC/C=C(\C=C/COC(F)(F)F)SNc1ccc(C)cc1F. The Morgan fingerprint density at radius 2 is 1.81 bits per heavy atom. The molecule has 1 aromatic carbocycles. The molecule has 0 aliphatic carbocycles. The van der Waals surface area contributed by atoms with E-state index in [1.807, 2.05) is 40.7 Å². The maximum absolute atomic E-state index is 13.7. The number of hydrogen-bond acceptors (Lipinski definition) is 3. The van der Waals surface area contributed by atoms with E-state index < -0.39 is 13.0 Å². The molecule has 0 heterocycles. The zero-order valence-corrected chi connectivity index (χ0v) is 17.0. The molecule has 0 saturated heterocycles.